The van der Waals surface area contributed by atoms with Crippen molar-refractivity contribution in [3.05, 3.63) is 67.9 Å². The van der Waals surface area contributed by atoms with Crippen LogP contribution in [0.25, 0.3) is 10.8 Å². The smallest absolute Gasteiger partial charge is 0.258 e. The van der Waals surface area contributed by atoms with Gasteiger partial charge in [0, 0.05) is 34.5 Å². The quantitative estimate of drug-likeness (QED) is 0.647. The van der Waals surface area contributed by atoms with E-state index in [1.807, 2.05) is 12.1 Å². The van der Waals surface area contributed by atoms with Crippen LogP contribution in [0.15, 0.2) is 50.7 Å². The van der Waals surface area contributed by atoms with E-state index in [1.54, 1.807) is 18.3 Å². The maximum absolute atomic E-state index is 12.0. The lowest BCUT2D eigenvalue weighted by molar-refractivity contribution is 0.353. The van der Waals surface area contributed by atoms with Crippen LogP contribution in [0.2, 0.25) is 0 Å². The Morgan fingerprint density at radius 2 is 1.96 bits per heavy atom. The number of fused-ring (bicyclic) bond motifs is 2. The van der Waals surface area contributed by atoms with Gasteiger partial charge in [-0.05, 0) is 48.5 Å². The van der Waals surface area contributed by atoms with Gasteiger partial charge in [-0.25, -0.2) is 0 Å². The molecule has 0 aliphatic carbocycles. The van der Waals surface area contributed by atoms with Crippen molar-refractivity contribution in [1.82, 2.24) is 9.88 Å². The van der Waals surface area contributed by atoms with Crippen molar-refractivity contribution >= 4 is 38.6 Å². The minimum absolute atomic E-state index is 0.180. The number of pyridine rings is 1. The van der Waals surface area contributed by atoms with E-state index in [0.717, 1.165) is 23.2 Å². The molecule has 2 aromatic carbocycles. The van der Waals surface area contributed by atoms with Gasteiger partial charge < -0.3 is 5.11 Å². The van der Waals surface area contributed by atoms with Crippen LogP contribution in [0, 0.1) is 0 Å². The summed E-state index contributed by atoms with van der Waals surface area (Å²) >= 11 is 3.41. The summed E-state index contributed by atoms with van der Waals surface area (Å²) < 4.78 is 0.834. The third kappa shape index (κ3) is 2.99. The molecule has 126 valence electrons. The Labute approximate surface area is 152 Å². The molecule has 1 aliphatic rings. The zero-order chi connectivity index (χ0) is 17.6. The zero-order valence-corrected chi connectivity index (χ0v) is 15.2. The third-order valence-corrected chi connectivity index (χ3v) is 4.91. The Morgan fingerprint density at radius 1 is 1.16 bits per heavy atom. The predicted octanol–water partition coefficient (Wildman–Crippen LogP) is 3.69. The molecule has 0 saturated carbocycles. The summed E-state index contributed by atoms with van der Waals surface area (Å²) in [6, 6.07) is 11.5. The number of aromatic amines is 1. The standard InChI is InChI=1S/C19H16BrN3O2/c1-23-9-11-2-4-14(6-12(11)10-23)21-8-17-16-7-13(20)3-5-15(16)18(24)22-19(17)25/h2-8H,9-10H2,1H3,(H2,22,24,25). The number of benzene rings is 2. The van der Waals surface area contributed by atoms with E-state index in [-0.39, 0.29) is 11.4 Å². The number of aliphatic imine (C=N–C) groups is 1. The summed E-state index contributed by atoms with van der Waals surface area (Å²) in [5, 5.41) is 11.3. The molecular weight excluding hydrogens is 382 g/mol. The maximum atomic E-state index is 12.0. The van der Waals surface area contributed by atoms with E-state index in [0.29, 0.717) is 16.3 Å². The van der Waals surface area contributed by atoms with Crippen LogP contribution < -0.4 is 5.56 Å². The van der Waals surface area contributed by atoms with Crippen molar-refractivity contribution in [2.75, 3.05) is 7.05 Å². The monoisotopic (exact) mass is 397 g/mol. The van der Waals surface area contributed by atoms with Crippen LogP contribution in [0.5, 0.6) is 5.88 Å². The molecule has 6 heteroatoms. The van der Waals surface area contributed by atoms with Gasteiger partial charge in [0.1, 0.15) is 0 Å². The topological polar surface area (TPSA) is 68.7 Å². The van der Waals surface area contributed by atoms with Crippen LogP contribution in [0.4, 0.5) is 5.69 Å². The molecule has 0 atom stereocenters. The van der Waals surface area contributed by atoms with Gasteiger partial charge >= 0.3 is 0 Å². The van der Waals surface area contributed by atoms with Crippen molar-refractivity contribution in [3.63, 3.8) is 0 Å². The molecule has 0 unspecified atom stereocenters. The second-order valence-electron chi connectivity index (χ2n) is 6.29. The molecule has 0 radical (unpaired) electrons. The molecule has 1 aromatic heterocycles. The fraction of sp³-hybridized carbons (Fsp3) is 0.158. The highest BCUT2D eigenvalue weighted by atomic mass is 79.9. The van der Waals surface area contributed by atoms with Gasteiger partial charge in [-0.15, -0.1) is 0 Å². The Balaban J connectivity index is 1.78. The average Bonchev–Trinajstić information content (AvgIpc) is 2.93. The van der Waals surface area contributed by atoms with E-state index in [9.17, 15) is 9.90 Å². The molecular formula is C19H16BrN3O2. The Morgan fingerprint density at radius 3 is 2.80 bits per heavy atom. The number of rotatable bonds is 2. The molecule has 25 heavy (non-hydrogen) atoms. The molecule has 2 heterocycles. The van der Waals surface area contributed by atoms with E-state index < -0.39 is 0 Å². The van der Waals surface area contributed by atoms with Gasteiger partial charge in [0.2, 0.25) is 5.88 Å². The summed E-state index contributed by atoms with van der Waals surface area (Å²) in [5.74, 6) is -0.180. The molecule has 0 fully saturated rings. The molecule has 5 nitrogen and oxygen atoms in total. The van der Waals surface area contributed by atoms with E-state index in [2.05, 4.69) is 50.0 Å². The second-order valence-corrected chi connectivity index (χ2v) is 7.21. The molecule has 3 aromatic rings. The lowest BCUT2D eigenvalue weighted by Gasteiger charge is -2.05. The van der Waals surface area contributed by atoms with Crippen LogP contribution in [0.3, 0.4) is 0 Å². The fourth-order valence-corrected chi connectivity index (χ4v) is 3.57. The van der Waals surface area contributed by atoms with Gasteiger partial charge in [0.25, 0.3) is 5.56 Å². The summed E-state index contributed by atoms with van der Waals surface area (Å²) in [5.41, 5.74) is 3.59. The Hall–Kier alpha value is -2.44. The van der Waals surface area contributed by atoms with Gasteiger partial charge in [0.05, 0.1) is 11.3 Å². The van der Waals surface area contributed by atoms with E-state index in [4.69, 9.17) is 0 Å². The largest absolute Gasteiger partial charge is 0.494 e. The first-order valence-corrected chi connectivity index (χ1v) is 8.69. The lowest BCUT2D eigenvalue weighted by Crippen LogP contribution is -2.08. The lowest BCUT2D eigenvalue weighted by atomic mass is 10.1. The molecule has 4 rings (SSSR count). The number of halogens is 1. The number of aromatic hydroxyl groups is 1. The zero-order valence-electron chi connectivity index (χ0n) is 13.6. The molecule has 0 amide bonds. The van der Waals surface area contributed by atoms with Crippen molar-refractivity contribution in [2.45, 2.75) is 13.1 Å². The highest BCUT2D eigenvalue weighted by Gasteiger charge is 2.15. The normalized spacial score (nSPS) is 14.5. The van der Waals surface area contributed by atoms with Gasteiger partial charge in [-0.1, -0.05) is 22.0 Å². The van der Waals surface area contributed by atoms with Crippen LogP contribution >= 0.6 is 15.9 Å². The van der Waals surface area contributed by atoms with Gasteiger partial charge in [-0.2, -0.15) is 0 Å². The fourth-order valence-electron chi connectivity index (χ4n) is 3.21. The predicted molar refractivity (Wildman–Crippen MR) is 103 cm³/mol. The number of hydrogen-bond acceptors (Lipinski definition) is 4. The Kier molecular flexibility index (Phi) is 3.94. The molecule has 2 N–H and O–H groups in total. The number of aromatic nitrogens is 1. The third-order valence-electron chi connectivity index (χ3n) is 4.42. The van der Waals surface area contributed by atoms with Gasteiger partial charge in [0.15, 0.2) is 0 Å². The molecule has 0 bridgehead atoms. The highest BCUT2D eigenvalue weighted by Crippen LogP contribution is 2.27. The molecule has 0 saturated heterocycles. The highest BCUT2D eigenvalue weighted by molar-refractivity contribution is 9.10. The SMILES string of the molecule is CN1Cc2ccc(N=Cc3c(O)[nH]c(=O)c4ccc(Br)cc34)cc2C1. The Bertz CT molecular complexity index is 1070. The van der Waals surface area contributed by atoms with Crippen molar-refractivity contribution < 1.29 is 5.11 Å². The van der Waals surface area contributed by atoms with Crippen LogP contribution in [-0.4, -0.2) is 28.3 Å². The number of nitrogens with one attached hydrogen (secondary N) is 1. The van der Waals surface area contributed by atoms with E-state index in [1.165, 1.54) is 11.1 Å². The van der Waals surface area contributed by atoms with Gasteiger partial charge in [-0.3, -0.25) is 19.7 Å². The summed E-state index contributed by atoms with van der Waals surface area (Å²) in [7, 11) is 2.09. The van der Waals surface area contributed by atoms with Crippen molar-refractivity contribution in [2.24, 2.45) is 4.99 Å². The minimum atomic E-state index is -0.322. The first kappa shape index (κ1) is 16.1. The van der Waals surface area contributed by atoms with Crippen molar-refractivity contribution in [3.8, 4) is 5.88 Å². The van der Waals surface area contributed by atoms with Crippen molar-refractivity contribution in [1.29, 1.82) is 0 Å². The maximum Gasteiger partial charge on any atom is 0.258 e. The average molecular weight is 398 g/mol. The first-order chi connectivity index (χ1) is 12.0. The van der Waals surface area contributed by atoms with Crippen LogP contribution in [0.1, 0.15) is 16.7 Å². The van der Waals surface area contributed by atoms with Crippen LogP contribution in [-0.2, 0) is 13.1 Å². The summed E-state index contributed by atoms with van der Waals surface area (Å²) in [6.45, 7) is 1.87. The minimum Gasteiger partial charge on any atom is -0.494 e. The summed E-state index contributed by atoms with van der Waals surface area (Å²) in [6.07, 6.45) is 1.60. The van der Waals surface area contributed by atoms with E-state index >= 15 is 0 Å². The first-order valence-electron chi connectivity index (χ1n) is 7.90. The number of hydrogen-bond donors (Lipinski definition) is 2. The number of H-pyrrole nitrogens is 1. The second kappa shape index (κ2) is 6.13. The molecule has 0 spiro atoms. The summed E-state index contributed by atoms with van der Waals surface area (Å²) in [4.78, 5) is 21.2. The number of nitrogens with zero attached hydrogens (tertiary/aromatic N) is 2. The molecule has 1 aliphatic heterocycles.